The fraction of sp³-hybridized carbons (Fsp3) is 0.611. The molecule has 0 aromatic carbocycles. The number of nitrogens with one attached hydrogen (secondary N) is 1. The largest absolute Gasteiger partial charge is 0.426 e. The lowest BCUT2D eigenvalue weighted by molar-refractivity contribution is -0.283. The number of rotatable bonds is 0. The minimum Gasteiger partial charge on any atom is -0.416 e. The molecule has 32 heavy (non-hydrogen) atoms. The summed E-state index contributed by atoms with van der Waals surface area (Å²) in [5.41, 5.74) is -1.26. The molecule has 4 bridgehead atoms. The summed E-state index contributed by atoms with van der Waals surface area (Å²) in [7, 11) is 0. The first-order valence-corrected chi connectivity index (χ1v) is 9.51. The molecule has 1 aliphatic rings. The molecule has 3 heterocycles. The number of nitrogen functional groups attached to an aromatic ring is 1. The smallest absolute Gasteiger partial charge is 0.416 e. The van der Waals surface area contributed by atoms with Crippen LogP contribution in [0.15, 0.2) is 10.5 Å². The number of fused-ring (bicyclic) bond motifs is 5. The summed E-state index contributed by atoms with van der Waals surface area (Å²) < 4.78 is 86.7. The maximum absolute atomic E-state index is 13.7. The van der Waals surface area contributed by atoms with Crippen LogP contribution in [-0.4, -0.2) is 43.2 Å². The van der Waals surface area contributed by atoms with Crippen molar-refractivity contribution in [1.29, 1.82) is 0 Å². The van der Waals surface area contributed by atoms with Crippen molar-refractivity contribution in [2.24, 2.45) is 0 Å². The summed E-state index contributed by atoms with van der Waals surface area (Å²) in [5.74, 6) is -2.64. The number of halogens is 6. The zero-order valence-electron chi connectivity index (χ0n) is 17.0. The molecule has 5 N–H and O–H groups in total. The van der Waals surface area contributed by atoms with Gasteiger partial charge in [0.1, 0.15) is 5.82 Å². The van der Waals surface area contributed by atoms with E-state index in [0.717, 1.165) is 0 Å². The molecule has 3 rings (SSSR count). The SMILES string of the molecule is CC1(C)CCC[C@H](O)C[C@](O)(C(F)(F)F)c2nnc(o2)-c2nc(c(C(F)(F)F)cc2N)N1. The van der Waals surface area contributed by atoms with Crippen molar-refractivity contribution in [1.82, 2.24) is 15.2 Å². The molecule has 2 aromatic rings. The highest BCUT2D eigenvalue weighted by molar-refractivity contribution is 5.71. The van der Waals surface area contributed by atoms with E-state index < -0.39 is 70.6 Å². The molecule has 0 amide bonds. The molecule has 0 saturated heterocycles. The summed E-state index contributed by atoms with van der Waals surface area (Å²) in [6.45, 7) is 3.14. The van der Waals surface area contributed by atoms with Crippen LogP contribution in [0.3, 0.4) is 0 Å². The van der Waals surface area contributed by atoms with Crippen LogP contribution in [0.4, 0.5) is 37.8 Å². The molecular weight excluding hydrogens is 448 g/mol. The second kappa shape index (κ2) is 7.76. The quantitative estimate of drug-likeness (QED) is 0.431. The monoisotopic (exact) mass is 469 g/mol. The van der Waals surface area contributed by atoms with Gasteiger partial charge in [0.15, 0.2) is 5.69 Å². The molecule has 0 fully saturated rings. The van der Waals surface area contributed by atoms with Crippen molar-refractivity contribution < 1.29 is 41.0 Å². The number of anilines is 2. The third-order valence-electron chi connectivity index (χ3n) is 5.13. The predicted molar refractivity (Wildman–Crippen MR) is 99.1 cm³/mol. The number of alkyl halides is 6. The Balaban J connectivity index is 2.23. The number of nitrogens with two attached hydrogens (primary N) is 1. The number of aromatic nitrogens is 3. The van der Waals surface area contributed by atoms with Gasteiger partial charge in [-0.3, -0.25) is 0 Å². The van der Waals surface area contributed by atoms with Crippen LogP contribution in [0.1, 0.15) is 51.0 Å². The van der Waals surface area contributed by atoms with Crippen molar-refractivity contribution in [3.8, 4) is 11.6 Å². The average Bonchev–Trinajstić information content (AvgIpc) is 3.10. The van der Waals surface area contributed by atoms with Crippen molar-refractivity contribution in [3.63, 3.8) is 0 Å². The highest BCUT2D eigenvalue weighted by Crippen LogP contribution is 2.44. The van der Waals surface area contributed by atoms with Crippen molar-refractivity contribution >= 4 is 11.5 Å². The number of nitrogens with zero attached hydrogens (tertiary/aromatic N) is 3. The summed E-state index contributed by atoms with van der Waals surface area (Å²) >= 11 is 0. The van der Waals surface area contributed by atoms with Crippen LogP contribution < -0.4 is 11.1 Å². The van der Waals surface area contributed by atoms with E-state index in [1.165, 1.54) is 0 Å². The fourth-order valence-corrected chi connectivity index (χ4v) is 3.43. The first-order chi connectivity index (χ1) is 14.5. The third kappa shape index (κ3) is 4.60. The van der Waals surface area contributed by atoms with E-state index in [1.54, 1.807) is 13.8 Å². The molecule has 14 heteroatoms. The molecule has 0 aliphatic carbocycles. The zero-order valence-corrected chi connectivity index (χ0v) is 17.0. The molecule has 0 saturated carbocycles. The van der Waals surface area contributed by atoms with Crippen molar-refractivity contribution in [2.75, 3.05) is 11.1 Å². The lowest BCUT2D eigenvalue weighted by Gasteiger charge is -2.31. The summed E-state index contributed by atoms with van der Waals surface area (Å²) in [5, 5.41) is 29.8. The third-order valence-corrected chi connectivity index (χ3v) is 5.13. The lowest BCUT2D eigenvalue weighted by Crippen LogP contribution is -2.45. The Bertz CT molecular complexity index is 990. The van der Waals surface area contributed by atoms with Crippen LogP contribution in [-0.2, 0) is 11.8 Å². The van der Waals surface area contributed by atoms with E-state index in [2.05, 4.69) is 20.5 Å². The second-order valence-electron chi connectivity index (χ2n) is 8.35. The van der Waals surface area contributed by atoms with Gasteiger partial charge in [-0.25, -0.2) is 4.98 Å². The standard InChI is InChI=1S/C18H21F6N5O3/c1-15(2)5-3-4-8(30)7-16(31,18(22,23)24)14-29-28-13(32-14)11-10(25)6-9(17(19,20)21)12(26-11)27-15/h6,8,30-31H,3-5,7,25H2,1-2H3,(H,26,27)/t8-,16+/m0/s1. The van der Waals surface area contributed by atoms with E-state index in [9.17, 15) is 36.6 Å². The maximum Gasteiger partial charge on any atom is 0.426 e. The fourth-order valence-electron chi connectivity index (χ4n) is 3.43. The molecule has 8 nitrogen and oxygen atoms in total. The van der Waals surface area contributed by atoms with Gasteiger partial charge in [-0.2, -0.15) is 26.3 Å². The van der Waals surface area contributed by atoms with E-state index in [0.29, 0.717) is 6.07 Å². The Morgan fingerprint density at radius 3 is 2.44 bits per heavy atom. The Labute approximate surface area is 177 Å². The molecule has 0 unspecified atom stereocenters. The molecule has 0 spiro atoms. The highest BCUT2D eigenvalue weighted by Gasteiger charge is 2.59. The van der Waals surface area contributed by atoms with Gasteiger partial charge in [-0.1, -0.05) is 0 Å². The average molecular weight is 469 g/mol. The Kier molecular flexibility index (Phi) is 5.83. The van der Waals surface area contributed by atoms with Gasteiger partial charge in [-0.05, 0) is 39.2 Å². The second-order valence-corrected chi connectivity index (χ2v) is 8.35. The van der Waals surface area contributed by atoms with Gasteiger partial charge in [0.05, 0.1) is 17.4 Å². The number of pyridine rings is 1. The van der Waals surface area contributed by atoms with Crippen LogP contribution >= 0.6 is 0 Å². The number of aliphatic hydroxyl groups excluding tert-OH is 1. The van der Waals surface area contributed by atoms with Crippen LogP contribution in [0.2, 0.25) is 0 Å². The van der Waals surface area contributed by atoms with Crippen molar-refractivity contribution in [2.45, 2.75) is 69.1 Å². The normalized spacial score (nSPS) is 24.5. The van der Waals surface area contributed by atoms with E-state index >= 15 is 0 Å². The number of hydrogen-bond donors (Lipinski definition) is 4. The van der Waals surface area contributed by atoms with Gasteiger partial charge >= 0.3 is 12.4 Å². The van der Waals surface area contributed by atoms with Gasteiger partial charge in [0, 0.05) is 12.0 Å². The molecule has 178 valence electrons. The first kappa shape index (κ1) is 24.0. The Morgan fingerprint density at radius 2 is 1.84 bits per heavy atom. The highest BCUT2D eigenvalue weighted by atomic mass is 19.4. The van der Waals surface area contributed by atoms with Crippen LogP contribution in [0, 0.1) is 0 Å². The molecule has 2 atom stereocenters. The minimum absolute atomic E-state index is 0.132. The Hall–Kier alpha value is -2.61. The number of hydrogen-bond acceptors (Lipinski definition) is 8. The summed E-state index contributed by atoms with van der Waals surface area (Å²) in [6, 6.07) is 0.566. The van der Waals surface area contributed by atoms with E-state index in [4.69, 9.17) is 10.2 Å². The van der Waals surface area contributed by atoms with Gasteiger partial charge in [0.25, 0.3) is 11.8 Å². The lowest BCUT2D eigenvalue weighted by atomic mass is 9.90. The van der Waals surface area contributed by atoms with Gasteiger partial charge in [-0.15, -0.1) is 10.2 Å². The van der Waals surface area contributed by atoms with E-state index in [1.807, 2.05) is 0 Å². The van der Waals surface area contributed by atoms with Crippen molar-refractivity contribution in [3.05, 3.63) is 17.5 Å². The zero-order chi connectivity index (χ0) is 24.1. The molecule has 2 aromatic heterocycles. The molecule has 1 aliphatic heterocycles. The van der Waals surface area contributed by atoms with Gasteiger partial charge in [0.2, 0.25) is 5.60 Å². The molecular formula is C18H21F6N5O3. The first-order valence-electron chi connectivity index (χ1n) is 9.51. The summed E-state index contributed by atoms with van der Waals surface area (Å²) in [6.07, 6.45) is -12.8. The molecule has 0 radical (unpaired) electrons. The predicted octanol–water partition coefficient (Wildman–Crippen LogP) is 3.61. The number of aliphatic hydroxyl groups is 2. The topological polar surface area (TPSA) is 130 Å². The maximum atomic E-state index is 13.7. The van der Waals surface area contributed by atoms with Crippen LogP contribution in [0.5, 0.6) is 0 Å². The van der Waals surface area contributed by atoms with E-state index in [-0.39, 0.29) is 19.3 Å². The van der Waals surface area contributed by atoms with Crippen LogP contribution in [0.25, 0.3) is 11.6 Å². The minimum atomic E-state index is -5.29. The summed E-state index contributed by atoms with van der Waals surface area (Å²) in [4.78, 5) is 3.83. The Morgan fingerprint density at radius 1 is 1.19 bits per heavy atom. The van der Waals surface area contributed by atoms with Gasteiger partial charge < -0.3 is 25.7 Å².